The van der Waals surface area contributed by atoms with Crippen molar-refractivity contribution in [3.8, 4) is 11.5 Å². The van der Waals surface area contributed by atoms with E-state index in [2.05, 4.69) is 34.0 Å². The van der Waals surface area contributed by atoms with Crippen LogP contribution < -0.4 is 14.8 Å². The van der Waals surface area contributed by atoms with E-state index < -0.39 is 0 Å². The van der Waals surface area contributed by atoms with Gasteiger partial charge in [-0.2, -0.15) is 0 Å². The molecule has 0 fully saturated rings. The summed E-state index contributed by atoms with van der Waals surface area (Å²) in [7, 11) is 1.65. The SMILES string of the molecule is COc1cc(CNc2cccc(Cl)c2C)cc(I)c1OCc1ccc(Cl)cc1. The van der Waals surface area contributed by atoms with Gasteiger partial charge >= 0.3 is 0 Å². The number of hydrogen-bond acceptors (Lipinski definition) is 3. The zero-order valence-corrected chi connectivity index (χ0v) is 19.2. The number of nitrogens with one attached hydrogen (secondary N) is 1. The largest absolute Gasteiger partial charge is 0.493 e. The van der Waals surface area contributed by atoms with Gasteiger partial charge in [-0.3, -0.25) is 0 Å². The number of methoxy groups -OCH3 is 1. The monoisotopic (exact) mass is 527 g/mol. The Labute approximate surface area is 189 Å². The second-order valence-electron chi connectivity index (χ2n) is 6.29. The van der Waals surface area contributed by atoms with Crippen LogP contribution in [-0.2, 0) is 13.2 Å². The maximum absolute atomic E-state index is 6.20. The minimum absolute atomic E-state index is 0.447. The Bertz CT molecular complexity index is 961. The lowest BCUT2D eigenvalue weighted by molar-refractivity contribution is 0.282. The molecule has 0 aromatic heterocycles. The summed E-state index contributed by atoms with van der Waals surface area (Å²) in [5, 5.41) is 4.90. The summed E-state index contributed by atoms with van der Waals surface area (Å²) in [6.07, 6.45) is 0. The predicted molar refractivity (Wildman–Crippen MR) is 125 cm³/mol. The zero-order chi connectivity index (χ0) is 20.1. The van der Waals surface area contributed by atoms with E-state index in [1.165, 1.54) is 0 Å². The molecule has 28 heavy (non-hydrogen) atoms. The number of benzene rings is 3. The van der Waals surface area contributed by atoms with Crippen molar-refractivity contribution < 1.29 is 9.47 Å². The van der Waals surface area contributed by atoms with Crippen LogP contribution in [0.4, 0.5) is 5.69 Å². The van der Waals surface area contributed by atoms with Crippen LogP contribution in [-0.4, -0.2) is 7.11 Å². The summed E-state index contributed by atoms with van der Waals surface area (Å²) >= 11 is 14.4. The summed E-state index contributed by atoms with van der Waals surface area (Å²) in [6, 6.07) is 17.5. The highest BCUT2D eigenvalue weighted by Crippen LogP contribution is 2.35. The standard InChI is InChI=1S/C22H20Cl2INO2/c1-14-18(24)4-3-5-20(14)26-12-16-10-19(25)22(21(11-16)27-2)28-13-15-6-8-17(23)9-7-15/h3-11,26H,12-13H2,1-2H3. The molecule has 0 spiro atoms. The van der Waals surface area contributed by atoms with Gasteiger partial charge in [-0.15, -0.1) is 0 Å². The topological polar surface area (TPSA) is 30.5 Å². The van der Waals surface area contributed by atoms with E-state index in [-0.39, 0.29) is 0 Å². The van der Waals surface area contributed by atoms with E-state index in [4.69, 9.17) is 32.7 Å². The molecule has 0 amide bonds. The molecule has 3 aromatic carbocycles. The second kappa shape index (κ2) is 9.72. The molecule has 3 aromatic rings. The lowest BCUT2D eigenvalue weighted by Crippen LogP contribution is -2.04. The Morgan fingerprint density at radius 2 is 1.75 bits per heavy atom. The first-order chi connectivity index (χ1) is 13.5. The first-order valence-electron chi connectivity index (χ1n) is 8.70. The number of hydrogen-bond donors (Lipinski definition) is 1. The molecule has 0 radical (unpaired) electrons. The van der Waals surface area contributed by atoms with Gasteiger partial charge in [0.05, 0.1) is 10.7 Å². The predicted octanol–water partition coefficient (Wildman–Crippen LogP) is 7.11. The molecule has 0 unspecified atom stereocenters. The van der Waals surface area contributed by atoms with Crippen LogP contribution in [0.2, 0.25) is 10.0 Å². The highest BCUT2D eigenvalue weighted by atomic mass is 127. The first kappa shape index (κ1) is 21.1. The molecule has 0 aliphatic carbocycles. The Morgan fingerprint density at radius 1 is 1.00 bits per heavy atom. The van der Waals surface area contributed by atoms with Gasteiger partial charge in [-0.05, 0) is 82.6 Å². The lowest BCUT2D eigenvalue weighted by Gasteiger charge is -2.16. The minimum Gasteiger partial charge on any atom is -0.493 e. The van der Waals surface area contributed by atoms with Crippen molar-refractivity contribution >= 4 is 51.5 Å². The van der Waals surface area contributed by atoms with Crippen molar-refractivity contribution in [2.24, 2.45) is 0 Å². The molecule has 0 heterocycles. The van der Waals surface area contributed by atoms with Crippen LogP contribution in [0.25, 0.3) is 0 Å². The van der Waals surface area contributed by atoms with Crippen LogP contribution in [0.1, 0.15) is 16.7 Å². The van der Waals surface area contributed by atoms with Gasteiger partial charge in [0, 0.05) is 22.3 Å². The van der Waals surface area contributed by atoms with E-state index in [0.717, 1.165) is 36.7 Å². The normalized spacial score (nSPS) is 10.6. The summed E-state index contributed by atoms with van der Waals surface area (Å²) < 4.78 is 12.6. The number of rotatable bonds is 7. The quantitative estimate of drug-likeness (QED) is 0.332. The summed E-state index contributed by atoms with van der Waals surface area (Å²) in [4.78, 5) is 0. The smallest absolute Gasteiger partial charge is 0.174 e. The van der Waals surface area contributed by atoms with Crippen LogP contribution in [0.5, 0.6) is 11.5 Å². The number of anilines is 1. The molecular weight excluding hydrogens is 508 g/mol. The van der Waals surface area contributed by atoms with Crippen molar-refractivity contribution in [1.29, 1.82) is 0 Å². The van der Waals surface area contributed by atoms with Crippen molar-refractivity contribution in [1.82, 2.24) is 0 Å². The van der Waals surface area contributed by atoms with Crippen molar-refractivity contribution in [3.63, 3.8) is 0 Å². The summed E-state index contributed by atoms with van der Waals surface area (Å²) in [5.74, 6) is 1.45. The molecule has 3 nitrogen and oxygen atoms in total. The van der Waals surface area contributed by atoms with Gasteiger partial charge in [0.2, 0.25) is 0 Å². The van der Waals surface area contributed by atoms with Gasteiger partial charge in [-0.25, -0.2) is 0 Å². The molecule has 0 bridgehead atoms. The zero-order valence-electron chi connectivity index (χ0n) is 15.6. The molecule has 3 rings (SSSR count). The van der Waals surface area contributed by atoms with Crippen LogP contribution in [0, 0.1) is 10.5 Å². The van der Waals surface area contributed by atoms with E-state index in [0.29, 0.717) is 23.9 Å². The Kier molecular flexibility index (Phi) is 7.32. The van der Waals surface area contributed by atoms with Crippen LogP contribution in [0.15, 0.2) is 54.6 Å². The van der Waals surface area contributed by atoms with Crippen molar-refractivity contribution in [2.75, 3.05) is 12.4 Å². The lowest BCUT2D eigenvalue weighted by atomic mass is 10.1. The molecule has 1 N–H and O–H groups in total. The molecule has 0 atom stereocenters. The molecule has 0 saturated carbocycles. The maximum Gasteiger partial charge on any atom is 0.174 e. The van der Waals surface area contributed by atoms with Gasteiger partial charge in [0.15, 0.2) is 11.5 Å². The van der Waals surface area contributed by atoms with Crippen LogP contribution in [0.3, 0.4) is 0 Å². The molecule has 146 valence electrons. The molecule has 6 heteroatoms. The van der Waals surface area contributed by atoms with Gasteiger partial charge in [0.1, 0.15) is 6.61 Å². The molecular formula is C22H20Cl2INO2. The number of halogens is 3. The average Bonchev–Trinajstić information content (AvgIpc) is 2.69. The third kappa shape index (κ3) is 5.25. The van der Waals surface area contributed by atoms with E-state index >= 15 is 0 Å². The van der Waals surface area contributed by atoms with Gasteiger partial charge in [-0.1, -0.05) is 41.4 Å². The van der Waals surface area contributed by atoms with Gasteiger partial charge < -0.3 is 14.8 Å². The molecule has 0 aliphatic heterocycles. The van der Waals surface area contributed by atoms with Gasteiger partial charge in [0.25, 0.3) is 0 Å². The molecule has 0 saturated heterocycles. The van der Waals surface area contributed by atoms with Crippen molar-refractivity contribution in [3.05, 3.63) is 84.9 Å². The van der Waals surface area contributed by atoms with Crippen molar-refractivity contribution in [2.45, 2.75) is 20.1 Å². The van der Waals surface area contributed by atoms with E-state index in [1.807, 2.05) is 55.5 Å². The third-order valence-electron chi connectivity index (χ3n) is 4.34. The Balaban J connectivity index is 1.73. The third-order valence-corrected chi connectivity index (χ3v) is 5.80. The fourth-order valence-electron chi connectivity index (χ4n) is 2.75. The van der Waals surface area contributed by atoms with Crippen LogP contribution >= 0.6 is 45.8 Å². The van der Waals surface area contributed by atoms with E-state index in [1.54, 1.807) is 7.11 Å². The second-order valence-corrected chi connectivity index (χ2v) is 8.30. The fourth-order valence-corrected chi connectivity index (χ4v) is 3.87. The Morgan fingerprint density at radius 3 is 2.46 bits per heavy atom. The van der Waals surface area contributed by atoms with E-state index in [9.17, 15) is 0 Å². The number of ether oxygens (including phenoxy) is 2. The minimum atomic E-state index is 0.447. The maximum atomic E-state index is 6.20. The average molecular weight is 528 g/mol. The highest BCUT2D eigenvalue weighted by molar-refractivity contribution is 14.1. The fraction of sp³-hybridized carbons (Fsp3) is 0.182. The summed E-state index contributed by atoms with van der Waals surface area (Å²) in [6.45, 7) is 3.11. The first-order valence-corrected chi connectivity index (χ1v) is 10.5. The Hall–Kier alpha value is -1.63. The summed E-state index contributed by atoms with van der Waals surface area (Å²) in [5.41, 5.74) is 4.20. The highest BCUT2D eigenvalue weighted by Gasteiger charge is 2.12. The molecule has 0 aliphatic rings.